The molecular formula is C25H30N6O4. The number of nitrogens with zero attached hydrogens (tertiary/aromatic N) is 5. The summed E-state index contributed by atoms with van der Waals surface area (Å²) in [5.74, 6) is 0.200. The zero-order valence-electron chi connectivity index (χ0n) is 20.2. The molecule has 0 spiro atoms. The van der Waals surface area contributed by atoms with Gasteiger partial charge in [0.2, 0.25) is 5.91 Å². The number of hydrogen-bond acceptors (Lipinski definition) is 7. The summed E-state index contributed by atoms with van der Waals surface area (Å²) in [6, 6.07) is 10.8. The molecule has 3 aromatic rings. The summed E-state index contributed by atoms with van der Waals surface area (Å²) in [7, 11) is 0. The average molecular weight is 479 g/mol. The first-order chi connectivity index (χ1) is 16.7. The average Bonchev–Trinajstić information content (AvgIpc) is 2.83. The van der Waals surface area contributed by atoms with Gasteiger partial charge in [-0.1, -0.05) is 12.1 Å². The van der Waals surface area contributed by atoms with Crippen molar-refractivity contribution in [2.75, 3.05) is 36.4 Å². The lowest BCUT2D eigenvalue weighted by molar-refractivity contribution is -0.116. The van der Waals surface area contributed by atoms with Gasteiger partial charge in [-0.2, -0.15) is 0 Å². The zero-order valence-corrected chi connectivity index (χ0v) is 20.2. The highest BCUT2D eigenvalue weighted by Crippen LogP contribution is 2.19. The molecule has 3 heterocycles. The fourth-order valence-electron chi connectivity index (χ4n) is 3.81. The van der Waals surface area contributed by atoms with Crippen LogP contribution in [0.4, 0.5) is 16.3 Å². The molecule has 1 N–H and O–H groups in total. The summed E-state index contributed by atoms with van der Waals surface area (Å²) in [6.07, 6.45) is 3.00. The van der Waals surface area contributed by atoms with Crippen molar-refractivity contribution in [2.45, 2.75) is 39.3 Å². The van der Waals surface area contributed by atoms with Gasteiger partial charge in [-0.25, -0.2) is 14.8 Å². The number of rotatable bonds is 5. The van der Waals surface area contributed by atoms with Crippen molar-refractivity contribution in [3.05, 3.63) is 59.3 Å². The van der Waals surface area contributed by atoms with Gasteiger partial charge in [-0.3, -0.25) is 14.2 Å². The molecule has 2 amide bonds. The van der Waals surface area contributed by atoms with Gasteiger partial charge >= 0.3 is 6.09 Å². The number of amides is 2. The van der Waals surface area contributed by atoms with E-state index in [1.165, 1.54) is 10.9 Å². The topological polar surface area (TPSA) is 110 Å². The van der Waals surface area contributed by atoms with E-state index in [1.54, 1.807) is 35.4 Å². The molecule has 10 heteroatoms. The largest absolute Gasteiger partial charge is 0.444 e. The lowest BCUT2D eigenvalue weighted by atomic mass is 10.2. The van der Waals surface area contributed by atoms with Gasteiger partial charge in [0.05, 0.1) is 29.1 Å². The normalized spacial score (nSPS) is 14.1. The van der Waals surface area contributed by atoms with Crippen molar-refractivity contribution < 1.29 is 14.3 Å². The molecule has 0 radical (unpaired) electrons. The standard InChI is InChI=1S/C25H30N6O4/c1-25(2,3)35-24(34)30-14-12-29(13-15-30)18-8-9-21(26-16-18)28-22(32)10-11-31-17-27-20-7-5-4-6-19(20)23(31)33/h4-9,16-17H,10-15H2,1-3H3,(H,26,28,32). The number of piperazine rings is 1. The van der Waals surface area contributed by atoms with Gasteiger partial charge in [0, 0.05) is 39.1 Å². The Morgan fingerprint density at radius 1 is 1.03 bits per heavy atom. The van der Waals surface area contributed by atoms with E-state index in [0.29, 0.717) is 42.9 Å². The minimum atomic E-state index is -0.513. The van der Waals surface area contributed by atoms with E-state index in [4.69, 9.17) is 4.74 Å². The quantitative estimate of drug-likeness (QED) is 0.600. The lowest BCUT2D eigenvalue weighted by Gasteiger charge is -2.36. The molecule has 10 nitrogen and oxygen atoms in total. The molecule has 184 valence electrons. The highest BCUT2D eigenvalue weighted by molar-refractivity contribution is 5.89. The molecule has 0 aliphatic carbocycles. The zero-order chi connectivity index (χ0) is 25.0. The summed E-state index contributed by atoms with van der Waals surface area (Å²) < 4.78 is 6.88. The Morgan fingerprint density at radius 3 is 2.46 bits per heavy atom. The van der Waals surface area contributed by atoms with E-state index < -0.39 is 5.60 Å². The summed E-state index contributed by atoms with van der Waals surface area (Å²) in [5, 5.41) is 3.30. The lowest BCUT2D eigenvalue weighted by Crippen LogP contribution is -2.50. The number of para-hydroxylation sites is 1. The van der Waals surface area contributed by atoms with E-state index in [2.05, 4.69) is 20.2 Å². The first-order valence-electron chi connectivity index (χ1n) is 11.6. The second-order valence-corrected chi connectivity index (χ2v) is 9.41. The summed E-state index contributed by atoms with van der Waals surface area (Å²) >= 11 is 0. The molecule has 1 aromatic carbocycles. The monoisotopic (exact) mass is 478 g/mol. The van der Waals surface area contributed by atoms with E-state index in [9.17, 15) is 14.4 Å². The summed E-state index contributed by atoms with van der Waals surface area (Å²) in [6.45, 7) is 8.26. The second kappa shape index (κ2) is 10.1. The number of anilines is 2. The smallest absolute Gasteiger partial charge is 0.410 e. The van der Waals surface area contributed by atoms with Crippen LogP contribution < -0.4 is 15.8 Å². The Hall–Kier alpha value is -3.95. The third-order valence-electron chi connectivity index (χ3n) is 5.62. The second-order valence-electron chi connectivity index (χ2n) is 9.41. The minimum absolute atomic E-state index is 0.121. The predicted molar refractivity (Wildman–Crippen MR) is 134 cm³/mol. The summed E-state index contributed by atoms with van der Waals surface area (Å²) in [5.41, 5.74) is 0.868. The molecule has 2 aromatic heterocycles. The number of nitrogens with one attached hydrogen (secondary N) is 1. The molecule has 1 aliphatic rings. The molecule has 35 heavy (non-hydrogen) atoms. The maximum absolute atomic E-state index is 12.6. The third kappa shape index (κ3) is 6.14. The molecular weight excluding hydrogens is 448 g/mol. The van der Waals surface area contributed by atoms with Gasteiger partial charge < -0.3 is 19.9 Å². The molecule has 1 saturated heterocycles. The Balaban J connectivity index is 1.27. The van der Waals surface area contributed by atoms with Crippen LogP contribution in [0.3, 0.4) is 0 Å². The molecule has 4 rings (SSSR count). The van der Waals surface area contributed by atoms with E-state index >= 15 is 0 Å². The molecule has 0 saturated carbocycles. The van der Waals surface area contributed by atoms with Crippen LogP contribution in [0.1, 0.15) is 27.2 Å². The molecule has 1 aliphatic heterocycles. The summed E-state index contributed by atoms with van der Waals surface area (Å²) in [4.78, 5) is 49.7. The van der Waals surface area contributed by atoms with Gasteiger partial charge in [-0.15, -0.1) is 0 Å². The molecule has 0 unspecified atom stereocenters. The number of benzene rings is 1. The van der Waals surface area contributed by atoms with Crippen molar-refractivity contribution >= 4 is 34.4 Å². The number of carbonyl (C=O) groups excluding carboxylic acids is 2. The highest BCUT2D eigenvalue weighted by Gasteiger charge is 2.26. The minimum Gasteiger partial charge on any atom is -0.444 e. The van der Waals surface area contributed by atoms with Crippen LogP contribution in [0.25, 0.3) is 10.9 Å². The maximum atomic E-state index is 12.6. The van der Waals surface area contributed by atoms with Crippen molar-refractivity contribution in [2.24, 2.45) is 0 Å². The van der Waals surface area contributed by atoms with Crippen molar-refractivity contribution in [1.29, 1.82) is 0 Å². The number of ether oxygens (including phenoxy) is 1. The molecule has 0 bridgehead atoms. The van der Waals surface area contributed by atoms with Gasteiger partial charge in [0.25, 0.3) is 5.56 Å². The number of pyridine rings is 1. The number of fused-ring (bicyclic) bond motifs is 1. The molecule has 0 atom stereocenters. The van der Waals surface area contributed by atoms with Crippen LogP contribution in [-0.4, -0.2) is 63.2 Å². The first-order valence-corrected chi connectivity index (χ1v) is 11.6. The highest BCUT2D eigenvalue weighted by atomic mass is 16.6. The predicted octanol–water partition coefficient (Wildman–Crippen LogP) is 2.88. The van der Waals surface area contributed by atoms with E-state index in [-0.39, 0.29) is 30.5 Å². The maximum Gasteiger partial charge on any atom is 0.410 e. The van der Waals surface area contributed by atoms with Crippen LogP contribution in [0.5, 0.6) is 0 Å². The van der Waals surface area contributed by atoms with Gasteiger partial charge in [-0.05, 0) is 45.0 Å². The SMILES string of the molecule is CC(C)(C)OC(=O)N1CCN(c2ccc(NC(=O)CCn3cnc4ccccc4c3=O)nc2)CC1. The Morgan fingerprint density at radius 2 is 1.77 bits per heavy atom. The van der Waals surface area contributed by atoms with Crippen LogP contribution in [0, 0.1) is 0 Å². The fourth-order valence-corrected chi connectivity index (χ4v) is 3.81. The van der Waals surface area contributed by atoms with Gasteiger partial charge in [0.1, 0.15) is 11.4 Å². The van der Waals surface area contributed by atoms with Gasteiger partial charge in [0.15, 0.2) is 0 Å². The van der Waals surface area contributed by atoms with Crippen molar-refractivity contribution in [1.82, 2.24) is 19.4 Å². The van der Waals surface area contributed by atoms with Crippen LogP contribution >= 0.6 is 0 Å². The number of hydrogen-bond donors (Lipinski definition) is 1. The van der Waals surface area contributed by atoms with E-state index in [1.807, 2.05) is 32.9 Å². The van der Waals surface area contributed by atoms with E-state index in [0.717, 1.165) is 5.69 Å². The fraction of sp³-hybridized carbons (Fsp3) is 0.400. The van der Waals surface area contributed by atoms with Crippen LogP contribution in [0.15, 0.2) is 53.7 Å². The number of aromatic nitrogens is 3. The van der Waals surface area contributed by atoms with Crippen LogP contribution in [-0.2, 0) is 16.1 Å². The van der Waals surface area contributed by atoms with Crippen LogP contribution in [0.2, 0.25) is 0 Å². The third-order valence-corrected chi connectivity index (χ3v) is 5.62. The Labute approximate surface area is 203 Å². The van der Waals surface area contributed by atoms with Crippen molar-refractivity contribution in [3.8, 4) is 0 Å². The molecule has 1 fully saturated rings. The Kier molecular flexibility index (Phi) is 6.99. The number of aryl methyl sites for hydroxylation is 1. The van der Waals surface area contributed by atoms with Crippen molar-refractivity contribution in [3.63, 3.8) is 0 Å². The number of carbonyl (C=O) groups is 2. The first kappa shape index (κ1) is 24.2. The Bertz CT molecular complexity index is 1260.